The van der Waals surface area contributed by atoms with Crippen molar-refractivity contribution in [3.8, 4) is 0 Å². The van der Waals surface area contributed by atoms with Crippen LogP contribution in [0.25, 0.3) is 0 Å². The van der Waals surface area contributed by atoms with Gasteiger partial charge in [0.15, 0.2) is 6.29 Å². The van der Waals surface area contributed by atoms with Gasteiger partial charge in [0.05, 0.1) is 12.6 Å². The van der Waals surface area contributed by atoms with Gasteiger partial charge in [0, 0.05) is 6.67 Å². The second-order valence-corrected chi connectivity index (χ2v) is 3.16. The molecule has 1 heterocycles. The molecule has 0 aromatic rings. The van der Waals surface area contributed by atoms with E-state index in [4.69, 9.17) is 15.6 Å². The van der Waals surface area contributed by atoms with Crippen LogP contribution in [0.15, 0.2) is 0 Å². The van der Waals surface area contributed by atoms with Crippen molar-refractivity contribution < 1.29 is 25.2 Å². The molecule has 2 unspecified atom stereocenters. The summed E-state index contributed by atoms with van der Waals surface area (Å²) in [6.07, 6.45) is -4.74. The van der Waals surface area contributed by atoms with Gasteiger partial charge < -0.3 is 30.9 Å². The fourth-order valence-corrected chi connectivity index (χ4v) is 1.45. The van der Waals surface area contributed by atoms with Crippen molar-refractivity contribution in [3.05, 3.63) is 0 Å². The molecular formula is C7H16N2O5. The quantitative estimate of drug-likeness (QED) is 0.263. The number of nitrogens with two attached hydrogens (primary N) is 1. The summed E-state index contributed by atoms with van der Waals surface area (Å²) >= 11 is 0. The van der Waals surface area contributed by atoms with Crippen LogP contribution >= 0.6 is 0 Å². The van der Waals surface area contributed by atoms with E-state index in [9.17, 15) is 15.3 Å². The van der Waals surface area contributed by atoms with Crippen LogP contribution in [0.4, 0.5) is 0 Å². The van der Waals surface area contributed by atoms with Crippen molar-refractivity contribution in [3.63, 3.8) is 0 Å². The summed E-state index contributed by atoms with van der Waals surface area (Å²) in [7, 11) is 0. The van der Waals surface area contributed by atoms with Crippen molar-refractivity contribution in [1.29, 1.82) is 0 Å². The Morgan fingerprint density at radius 1 is 1.21 bits per heavy atom. The number of hydrogen-bond donors (Lipinski definition) is 6. The van der Waals surface area contributed by atoms with Crippen molar-refractivity contribution >= 4 is 0 Å². The lowest BCUT2D eigenvalue weighted by Gasteiger charge is -2.40. The largest absolute Gasteiger partial charge is 0.394 e. The number of ether oxygens (including phenoxy) is 1. The molecule has 0 amide bonds. The molecule has 0 aliphatic carbocycles. The lowest BCUT2D eigenvalue weighted by atomic mass is 9.97. The van der Waals surface area contributed by atoms with E-state index in [0.717, 1.165) is 0 Å². The molecule has 84 valence electrons. The zero-order chi connectivity index (χ0) is 10.7. The predicted octanol–water partition coefficient (Wildman–Crippen LogP) is -3.71. The summed E-state index contributed by atoms with van der Waals surface area (Å²) < 4.78 is 4.86. The van der Waals surface area contributed by atoms with Crippen LogP contribution in [0.2, 0.25) is 0 Å². The van der Waals surface area contributed by atoms with Gasteiger partial charge in [-0.25, -0.2) is 0 Å². The van der Waals surface area contributed by atoms with Gasteiger partial charge in [0.25, 0.3) is 0 Å². The average molecular weight is 208 g/mol. The van der Waals surface area contributed by atoms with Crippen LogP contribution in [0.5, 0.6) is 0 Å². The normalized spacial score (nSPS) is 43.9. The predicted molar refractivity (Wildman–Crippen MR) is 46.0 cm³/mol. The molecule has 0 radical (unpaired) electrons. The van der Waals surface area contributed by atoms with Gasteiger partial charge >= 0.3 is 0 Å². The summed E-state index contributed by atoms with van der Waals surface area (Å²) in [5.74, 6) is 0. The van der Waals surface area contributed by atoms with E-state index in [1.807, 2.05) is 0 Å². The molecule has 0 bridgehead atoms. The van der Waals surface area contributed by atoms with Gasteiger partial charge in [-0.05, 0) is 0 Å². The summed E-state index contributed by atoms with van der Waals surface area (Å²) in [4.78, 5) is 0. The molecule has 0 saturated carbocycles. The molecule has 1 fully saturated rings. The van der Waals surface area contributed by atoms with Gasteiger partial charge in [-0.2, -0.15) is 0 Å². The number of nitrogens with one attached hydrogen (secondary N) is 1. The summed E-state index contributed by atoms with van der Waals surface area (Å²) in [5.41, 5.74) is 5.18. The van der Waals surface area contributed by atoms with E-state index in [1.165, 1.54) is 0 Å². The van der Waals surface area contributed by atoms with Crippen LogP contribution in [0.3, 0.4) is 0 Å². The smallest absolute Gasteiger partial charge is 0.173 e. The minimum atomic E-state index is -1.30. The van der Waals surface area contributed by atoms with Gasteiger partial charge in [0.2, 0.25) is 0 Å². The zero-order valence-electron chi connectivity index (χ0n) is 7.58. The van der Waals surface area contributed by atoms with E-state index in [-0.39, 0.29) is 6.67 Å². The standard InChI is InChI=1S/C7H16N2O5/c8-2-9-4-6(12)5(11)3(1-10)14-7(4)13/h3-7,9-13H,1-2,8H2/t3-,4?,5+,6-,7?/m1/s1. The van der Waals surface area contributed by atoms with Gasteiger partial charge in [-0.3, -0.25) is 5.32 Å². The van der Waals surface area contributed by atoms with Crippen LogP contribution in [-0.2, 0) is 4.74 Å². The fourth-order valence-electron chi connectivity index (χ4n) is 1.45. The number of aliphatic hydroxyl groups excluding tert-OH is 4. The summed E-state index contributed by atoms with van der Waals surface area (Å²) in [5, 5.41) is 39.6. The first-order chi connectivity index (χ1) is 6.61. The van der Waals surface area contributed by atoms with Crippen LogP contribution in [0.1, 0.15) is 0 Å². The van der Waals surface area contributed by atoms with E-state index >= 15 is 0 Å². The molecule has 14 heavy (non-hydrogen) atoms. The second-order valence-electron chi connectivity index (χ2n) is 3.16. The topological polar surface area (TPSA) is 128 Å². The van der Waals surface area contributed by atoms with Crippen molar-refractivity contribution in [1.82, 2.24) is 5.32 Å². The van der Waals surface area contributed by atoms with E-state index in [0.29, 0.717) is 0 Å². The van der Waals surface area contributed by atoms with E-state index in [1.54, 1.807) is 0 Å². The highest BCUT2D eigenvalue weighted by atomic mass is 16.6. The van der Waals surface area contributed by atoms with Gasteiger partial charge in [-0.1, -0.05) is 0 Å². The third-order valence-electron chi connectivity index (χ3n) is 2.25. The Kier molecular flexibility index (Phi) is 4.20. The highest BCUT2D eigenvalue weighted by Gasteiger charge is 2.42. The van der Waals surface area contributed by atoms with Gasteiger partial charge in [-0.15, -0.1) is 0 Å². The van der Waals surface area contributed by atoms with Gasteiger partial charge in [0.1, 0.15) is 18.3 Å². The fraction of sp³-hybridized carbons (Fsp3) is 1.00. The monoisotopic (exact) mass is 208 g/mol. The lowest BCUT2D eigenvalue weighted by molar-refractivity contribution is -0.254. The maximum absolute atomic E-state index is 9.52. The molecule has 1 aliphatic heterocycles. The van der Waals surface area contributed by atoms with Crippen molar-refractivity contribution in [2.75, 3.05) is 13.3 Å². The average Bonchev–Trinajstić information content (AvgIpc) is 2.18. The number of hydrogen-bond acceptors (Lipinski definition) is 7. The Bertz CT molecular complexity index is 181. The molecule has 0 aromatic heterocycles. The molecule has 5 atom stereocenters. The van der Waals surface area contributed by atoms with Crippen LogP contribution in [0, 0.1) is 0 Å². The van der Waals surface area contributed by atoms with E-state index < -0.39 is 37.3 Å². The first-order valence-electron chi connectivity index (χ1n) is 4.35. The van der Waals surface area contributed by atoms with Crippen LogP contribution in [-0.4, -0.2) is 64.3 Å². The number of rotatable bonds is 3. The summed E-state index contributed by atoms with van der Waals surface area (Å²) in [6.45, 7) is -0.427. The molecule has 7 heteroatoms. The Balaban J connectivity index is 2.63. The molecule has 0 aromatic carbocycles. The van der Waals surface area contributed by atoms with Crippen molar-refractivity contribution in [2.24, 2.45) is 5.73 Å². The minimum Gasteiger partial charge on any atom is -0.394 e. The second kappa shape index (κ2) is 4.99. The third kappa shape index (κ3) is 2.20. The lowest BCUT2D eigenvalue weighted by Crippen LogP contribution is -2.63. The van der Waals surface area contributed by atoms with E-state index in [2.05, 4.69) is 5.32 Å². The molecular weight excluding hydrogens is 192 g/mol. The molecule has 1 rings (SSSR count). The Hall–Kier alpha value is -0.280. The molecule has 7 N–H and O–H groups in total. The molecule has 7 nitrogen and oxygen atoms in total. The van der Waals surface area contributed by atoms with Crippen molar-refractivity contribution in [2.45, 2.75) is 30.6 Å². The Morgan fingerprint density at radius 2 is 1.86 bits per heavy atom. The summed E-state index contributed by atoms with van der Waals surface area (Å²) in [6, 6.07) is -0.849. The molecule has 0 spiro atoms. The molecule has 1 saturated heterocycles. The number of aliphatic hydroxyl groups is 4. The zero-order valence-corrected chi connectivity index (χ0v) is 7.58. The minimum absolute atomic E-state index is 0.0403. The molecule has 1 aliphatic rings. The first-order valence-corrected chi connectivity index (χ1v) is 4.35. The Morgan fingerprint density at radius 3 is 2.36 bits per heavy atom. The third-order valence-corrected chi connectivity index (χ3v) is 2.25. The maximum atomic E-state index is 9.52. The highest BCUT2D eigenvalue weighted by molar-refractivity contribution is 4.92. The van der Waals surface area contributed by atoms with Crippen LogP contribution < -0.4 is 11.1 Å². The SMILES string of the molecule is NCNC1C(O)O[C@H](CO)[C@H](O)[C@@H]1O. The highest BCUT2D eigenvalue weighted by Crippen LogP contribution is 2.19. The Labute approximate surface area is 81.1 Å². The first kappa shape index (κ1) is 11.8. The maximum Gasteiger partial charge on any atom is 0.173 e.